The molecule has 132 valence electrons. The molecule has 2 N–H and O–H groups in total. The summed E-state index contributed by atoms with van der Waals surface area (Å²) in [6.45, 7) is 10.4. The number of amides is 2. The van der Waals surface area contributed by atoms with E-state index in [1.807, 2.05) is 26.0 Å². The topological polar surface area (TPSA) is 61.4 Å². The van der Waals surface area contributed by atoms with E-state index in [4.69, 9.17) is 0 Å². The lowest BCUT2D eigenvalue weighted by Crippen LogP contribution is -2.53. The van der Waals surface area contributed by atoms with Gasteiger partial charge < -0.3 is 15.5 Å². The molecule has 1 aromatic rings. The van der Waals surface area contributed by atoms with Crippen LogP contribution in [0.1, 0.15) is 50.9 Å². The fraction of sp³-hybridized carbons (Fsp3) is 0.579. The van der Waals surface area contributed by atoms with Gasteiger partial charge in [0.15, 0.2) is 0 Å². The Kier molecular flexibility index (Phi) is 5.99. The van der Waals surface area contributed by atoms with Gasteiger partial charge in [-0.25, -0.2) is 0 Å². The van der Waals surface area contributed by atoms with Crippen LogP contribution in [-0.2, 0) is 4.79 Å². The van der Waals surface area contributed by atoms with Crippen LogP contribution in [0.25, 0.3) is 0 Å². The first kappa shape index (κ1) is 18.5. The molecule has 2 rings (SSSR count). The van der Waals surface area contributed by atoms with E-state index >= 15 is 0 Å². The molecule has 1 aromatic carbocycles. The summed E-state index contributed by atoms with van der Waals surface area (Å²) in [5, 5.41) is 6.28. The predicted octanol–water partition coefficient (Wildman–Crippen LogP) is 2.89. The van der Waals surface area contributed by atoms with Crippen LogP contribution >= 0.6 is 0 Å². The molecule has 2 amide bonds. The number of piperidine rings is 1. The Morgan fingerprint density at radius 2 is 2.00 bits per heavy atom. The van der Waals surface area contributed by atoms with Gasteiger partial charge in [-0.15, -0.1) is 0 Å². The van der Waals surface area contributed by atoms with E-state index in [0.717, 1.165) is 19.4 Å². The Morgan fingerprint density at radius 3 is 2.62 bits per heavy atom. The van der Waals surface area contributed by atoms with Gasteiger partial charge in [-0.1, -0.05) is 19.9 Å². The first-order valence-corrected chi connectivity index (χ1v) is 8.82. The minimum atomic E-state index is -0.214. The number of nitrogens with one attached hydrogen (secondary N) is 2. The average Bonchev–Trinajstić information content (AvgIpc) is 2.55. The minimum Gasteiger partial charge on any atom is -0.339 e. The summed E-state index contributed by atoms with van der Waals surface area (Å²) in [6.07, 6.45) is 2.11. The molecule has 24 heavy (non-hydrogen) atoms. The van der Waals surface area contributed by atoms with Gasteiger partial charge in [0.1, 0.15) is 0 Å². The standard InChI is InChI=1S/C19H29N3O2/c1-5-22(6-2)18(24)14-9-7-10-15(13-14)21-17(23)16-19(3,4)11-8-12-20-16/h7,9-10,13,16,20H,5-6,8,11-12H2,1-4H3,(H,21,23). The number of benzene rings is 1. The second kappa shape index (κ2) is 7.79. The van der Waals surface area contributed by atoms with Crippen molar-refractivity contribution in [2.45, 2.75) is 46.6 Å². The molecule has 5 heteroatoms. The number of hydrogen-bond acceptors (Lipinski definition) is 3. The highest BCUT2D eigenvalue weighted by Gasteiger charge is 2.37. The van der Waals surface area contributed by atoms with Gasteiger partial charge in [-0.3, -0.25) is 9.59 Å². The number of rotatable bonds is 5. The summed E-state index contributed by atoms with van der Waals surface area (Å²) in [5.41, 5.74) is 1.20. The quantitative estimate of drug-likeness (QED) is 0.872. The minimum absolute atomic E-state index is 0.00720. The molecular formula is C19H29N3O2. The maximum Gasteiger partial charge on any atom is 0.253 e. The number of hydrogen-bond donors (Lipinski definition) is 2. The summed E-state index contributed by atoms with van der Waals surface area (Å²) < 4.78 is 0. The van der Waals surface area contributed by atoms with Crippen molar-refractivity contribution in [2.24, 2.45) is 5.41 Å². The lowest BCUT2D eigenvalue weighted by Gasteiger charge is -2.38. The molecule has 1 aliphatic heterocycles. The summed E-state index contributed by atoms with van der Waals surface area (Å²) in [4.78, 5) is 26.9. The first-order chi connectivity index (χ1) is 11.4. The van der Waals surface area contributed by atoms with Gasteiger partial charge in [-0.05, 0) is 56.8 Å². The summed E-state index contributed by atoms with van der Waals surface area (Å²) in [7, 11) is 0. The summed E-state index contributed by atoms with van der Waals surface area (Å²) in [5.74, 6) is -0.0423. The normalized spacial score (nSPS) is 19.6. The van der Waals surface area contributed by atoms with Gasteiger partial charge in [0, 0.05) is 24.3 Å². The zero-order chi connectivity index (χ0) is 17.7. The second-order valence-corrected chi connectivity index (χ2v) is 7.03. The van der Waals surface area contributed by atoms with Crippen molar-refractivity contribution >= 4 is 17.5 Å². The van der Waals surface area contributed by atoms with Crippen LogP contribution in [0, 0.1) is 5.41 Å². The molecule has 0 aromatic heterocycles. The van der Waals surface area contributed by atoms with Crippen molar-refractivity contribution in [2.75, 3.05) is 25.0 Å². The van der Waals surface area contributed by atoms with Crippen LogP contribution in [0.3, 0.4) is 0 Å². The highest BCUT2D eigenvalue weighted by molar-refractivity contribution is 5.98. The van der Waals surface area contributed by atoms with Crippen molar-refractivity contribution in [3.63, 3.8) is 0 Å². The largest absolute Gasteiger partial charge is 0.339 e. The number of anilines is 1. The fourth-order valence-electron chi connectivity index (χ4n) is 3.30. The number of nitrogens with zero attached hydrogens (tertiary/aromatic N) is 1. The Bertz CT molecular complexity index is 594. The molecule has 0 saturated carbocycles. The van der Waals surface area contributed by atoms with E-state index in [2.05, 4.69) is 24.5 Å². The Balaban J connectivity index is 2.11. The van der Waals surface area contributed by atoms with Crippen LogP contribution in [0.5, 0.6) is 0 Å². The van der Waals surface area contributed by atoms with Crippen molar-refractivity contribution < 1.29 is 9.59 Å². The van der Waals surface area contributed by atoms with E-state index in [0.29, 0.717) is 24.3 Å². The zero-order valence-electron chi connectivity index (χ0n) is 15.2. The molecule has 5 nitrogen and oxygen atoms in total. The molecule has 0 bridgehead atoms. The van der Waals surface area contributed by atoms with E-state index in [1.165, 1.54) is 0 Å². The average molecular weight is 331 g/mol. The molecule has 0 radical (unpaired) electrons. The zero-order valence-corrected chi connectivity index (χ0v) is 15.2. The monoisotopic (exact) mass is 331 g/mol. The van der Waals surface area contributed by atoms with Gasteiger partial charge in [0.2, 0.25) is 5.91 Å². The third kappa shape index (κ3) is 4.15. The molecule has 1 saturated heterocycles. The maximum absolute atomic E-state index is 12.6. The van der Waals surface area contributed by atoms with E-state index < -0.39 is 0 Å². The molecule has 1 aliphatic rings. The Morgan fingerprint density at radius 1 is 1.29 bits per heavy atom. The van der Waals surface area contributed by atoms with Crippen molar-refractivity contribution in [1.29, 1.82) is 0 Å². The van der Waals surface area contributed by atoms with Crippen LogP contribution in [-0.4, -0.2) is 42.4 Å². The third-order valence-corrected chi connectivity index (χ3v) is 4.82. The van der Waals surface area contributed by atoms with Crippen molar-refractivity contribution in [3.8, 4) is 0 Å². The van der Waals surface area contributed by atoms with E-state index in [9.17, 15) is 9.59 Å². The number of carbonyl (C=O) groups excluding carboxylic acids is 2. The number of carbonyl (C=O) groups is 2. The fourth-order valence-corrected chi connectivity index (χ4v) is 3.30. The maximum atomic E-state index is 12.6. The first-order valence-electron chi connectivity index (χ1n) is 8.82. The molecule has 1 fully saturated rings. The van der Waals surface area contributed by atoms with Crippen LogP contribution < -0.4 is 10.6 Å². The molecule has 1 heterocycles. The second-order valence-electron chi connectivity index (χ2n) is 7.03. The van der Waals surface area contributed by atoms with E-state index in [-0.39, 0.29) is 23.3 Å². The Labute approximate surface area is 144 Å². The van der Waals surface area contributed by atoms with Gasteiger partial charge >= 0.3 is 0 Å². The van der Waals surface area contributed by atoms with Gasteiger partial charge in [-0.2, -0.15) is 0 Å². The smallest absolute Gasteiger partial charge is 0.253 e. The highest BCUT2D eigenvalue weighted by atomic mass is 16.2. The molecule has 1 unspecified atom stereocenters. The lowest BCUT2D eigenvalue weighted by atomic mass is 9.77. The lowest BCUT2D eigenvalue weighted by molar-refractivity contribution is -0.121. The van der Waals surface area contributed by atoms with Crippen LogP contribution in [0.2, 0.25) is 0 Å². The molecule has 1 atom stereocenters. The molecule has 0 aliphatic carbocycles. The SMILES string of the molecule is CCN(CC)C(=O)c1cccc(NC(=O)C2NCCCC2(C)C)c1. The summed E-state index contributed by atoms with van der Waals surface area (Å²) in [6, 6.07) is 6.97. The van der Waals surface area contributed by atoms with Crippen LogP contribution in [0.4, 0.5) is 5.69 Å². The van der Waals surface area contributed by atoms with E-state index in [1.54, 1.807) is 17.0 Å². The molecular weight excluding hydrogens is 302 g/mol. The third-order valence-electron chi connectivity index (χ3n) is 4.82. The molecule has 0 spiro atoms. The summed E-state index contributed by atoms with van der Waals surface area (Å²) >= 11 is 0. The van der Waals surface area contributed by atoms with Gasteiger partial charge in [0.05, 0.1) is 6.04 Å². The Hall–Kier alpha value is -1.88. The van der Waals surface area contributed by atoms with Crippen molar-refractivity contribution in [1.82, 2.24) is 10.2 Å². The van der Waals surface area contributed by atoms with Gasteiger partial charge in [0.25, 0.3) is 5.91 Å². The predicted molar refractivity (Wildman–Crippen MR) is 97.1 cm³/mol. The highest BCUT2D eigenvalue weighted by Crippen LogP contribution is 2.30. The van der Waals surface area contributed by atoms with Crippen LogP contribution in [0.15, 0.2) is 24.3 Å². The van der Waals surface area contributed by atoms with Crippen molar-refractivity contribution in [3.05, 3.63) is 29.8 Å².